The molecule has 4 heteroatoms. The number of benzene rings is 10. The van der Waals surface area contributed by atoms with Gasteiger partial charge in [0, 0.05) is 64.3 Å². The molecule has 0 N–H and O–H groups in total. The molecule has 3 nitrogen and oxygen atoms in total. The molecule has 3 aromatic heterocycles. The first-order valence-electron chi connectivity index (χ1n) is 21.1. The average Bonchev–Trinajstić information content (AvgIpc) is 4.02. The molecule has 3 heterocycles. The van der Waals surface area contributed by atoms with Gasteiger partial charge in [-0.15, -0.1) is 11.3 Å². The zero-order valence-electron chi connectivity index (χ0n) is 33.5. The molecular weight excluding hydrogens is 773 g/mol. The molecule has 0 spiro atoms. The lowest BCUT2D eigenvalue weighted by Gasteiger charge is -2.27. The van der Waals surface area contributed by atoms with Gasteiger partial charge >= 0.3 is 0 Å². The van der Waals surface area contributed by atoms with Gasteiger partial charge in [-0.05, 0) is 88.8 Å². The number of anilines is 3. The van der Waals surface area contributed by atoms with Crippen molar-refractivity contribution in [2.24, 2.45) is 0 Å². The Morgan fingerprint density at radius 3 is 1.94 bits per heavy atom. The summed E-state index contributed by atoms with van der Waals surface area (Å²) in [4.78, 5) is 2.41. The number of hydrogen-bond donors (Lipinski definition) is 0. The van der Waals surface area contributed by atoms with Crippen molar-refractivity contribution < 1.29 is 4.42 Å². The van der Waals surface area contributed by atoms with Crippen LogP contribution in [0.25, 0.3) is 103 Å². The van der Waals surface area contributed by atoms with Crippen molar-refractivity contribution in [2.75, 3.05) is 4.90 Å². The largest absolute Gasteiger partial charge is 0.455 e. The molecule has 0 amide bonds. The van der Waals surface area contributed by atoms with E-state index in [1.54, 1.807) is 0 Å². The summed E-state index contributed by atoms with van der Waals surface area (Å²) < 4.78 is 11.8. The first kappa shape index (κ1) is 34.9. The molecule has 13 rings (SSSR count). The molecule has 10 aromatic carbocycles. The van der Waals surface area contributed by atoms with Crippen LogP contribution < -0.4 is 4.90 Å². The lowest BCUT2D eigenvalue weighted by molar-refractivity contribution is 0.670. The number of furan rings is 1. The molecule has 62 heavy (non-hydrogen) atoms. The summed E-state index contributed by atoms with van der Waals surface area (Å²) in [5.74, 6) is 0. The molecule has 0 aliphatic carbocycles. The minimum absolute atomic E-state index is 0.874. The maximum atomic E-state index is 6.78. The Morgan fingerprint density at radius 1 is 0.419 bits per heavy atom. The Hall–Kier alpha value is -7.92. The van der Waals surface area contributed by atoms with E-state index in [2.05, 4.69) is 228 Å². The van der Waals surface area contributed by atoms with E-state index in [-0.39, 0.29) is 0 Å². The van der Waals surface area contributed by atoms with E-state index >= 15 is 0 Å². The van der Waals surface area contributed by atoms with Crippen LogP contribution in [0.2, 0.25) is 0 Å². The van der Waals surface area contributed by atoms with E-state index in [1.807, 2.05) is 11.3 Å². The monoisotopic (exact) mass is 808 g/mol. The Labute approximate surface area is 361 Å². The average molecular weight is 809 g/mol. The SMILES string of the molecule is c1ccc(-c2ccc(N(c3ccc(-c4ccc5c6ccc7ccccc7c6n(-c6ccccc6)c5c4)cc3)c3ccc4c(c3)sc3ccccc34)c3c2oc2ccccc23)cc1. The van der Waals surface area contributed by atoms with Crippen molar-refractivity contribution in [3.63, 3.8) is 0 Å². The summed E-state index contributed by atoms with van der Waals surface area (Å²) in [6.45, 7) is 0. The van der Waals surface area contributed by atoms with Gasteiger partial charge in [-0.3, -0.25) is 0 Å². The van der Waals surface area contributed by atoms with Crippen molar-refractivity contribution in [1.82, 2.24) is 4.57 Å². The van der Waals surface area contributed by atoms with E-state index in [0.717, 1.165) is 61.4 Å². The zero-order valence-corrected chi connectivity index (χ0v) is 34.3. The predicted octanol–water partition coefficient (Wildman–Crippen LogP) is 17.0. The lowest BCUT2D eigenvalue weighted by atomic mass is 9.99. The molecule has 0 radical (unpaired) electrons. The third kappa shape index (κ3) is 5.37. The van der Waals surface area contributed by atoms with Crippen LogP contribution in [0.4, 0.5) is 17.1 Å². The first-order valence-corrected chi connectivity index (χ1v) is 21.9. The Bertz CT molecular complexity index is 3860. The smallest absolute Gasteiger partial charge is 0.145 e. The van der Waals surface area contributed by atoms with E-state index in [0.29, 0.717) is 0 Å². The van der Waals surface area contributed by atoms with Gasteiger partial charge in [-0.1, -0.05) is 152 Å². The first-order chi connectivity index (χ1) is 30.7. The third-order valence-corrected chi connectivity index (χ3v) is 13.7. The lowest BCUT2D eigenvalue weighted by Crippen LogP contribution is -2.10. The Balaban J connectivity index is 1.01. The molecule has 0 aliphatic heterocycles. The minimum Gasteiger partial charge on any atom is -0.455 e. The summed E-state index contributed by atoms with van der Waals surface area (Å²) in [5, 5.41) is 9.74. The second kappa shape index (κ2) is 13.8. The molecule has 0 aliphatic rings. The molecule has 0 bridgehead atoms. The molecule has 0 fully saturated rings. The van der Waals surface area contributed by atoms with Crippen molar-refractivity contribution in [3.8, 4) is 27.9 Å². The van der Waals surface area contributed by atoms with E-state index in [1.165, 1.54) is 58.3 Å². The van der Waals surface area contributed by atoms with Gasteiger partial charge < -0.3 is 13.9 Å². The van der Waals surface area contributed by atoms with Crippen LogP contribution in [-0.4, -0.2) is 4.57 Å². The Kier molecular flexibility index (Phi) is 7.78. The second-order valence-electron chi connectivity index (χ2n) is 16.0. The van der Waals surface area contributed by atoms with E-state index < -0.39 is 0 Å². The van der Waals surface area contributed by atoms with Crippen molar-refractivity contribution in [1.29, 1.82) is 0 Å². The van der Waals surface area contributed by atoms with Crippen LogP contribution in [0.1, 0.15) is 0 Å². The van der Waals surface area contributed by atoms with Gasteiger partial charge in [0.25, 0.3) is 0 Å². The number of hydrogen-bond acceptors (Lipinski definition) is 3. The highest BCUT2D eigenvalue weighted by molar-refractivity contribution is 7.25. The fourth-order valence-electron chi connectivity index (χ4n) is 9.73. The summed E-state index contributed by atoms with van der Waals surface area (Å²) in [6, 6.07) is 79.1. The summed E-state index contributed by atoms with van der Waals surface area (Å²) in [7, 11) is 0. The highest BCUT2D eigenvalue weighted by Gasteiger charge is 2.23. The number of fused-ring (bicyclic) bond motifs is 11. The van der Waals surface area contributed by atoms with Gasteiger partial charge in [0.2, 0.25) is 0 Å². The highest BCUT2D eigenvalue weighted by atomic mass is 32.1. The molecule has 13 aromatic rings. The standard InChI is InChI=1S/C58H36N2OS/c1-3-13-38(14-4-1)45-33-34-51(56-50-20-9-11-21-53(50)61-58(45)56)59(43-29-32-48-47-19-10-12-22-54(47)62-55(48)36-43)42-27-23-37(24-28-42)40-26-30-46-49-31-25-39-15-7-8-18-44(39)57(49)60(52(46)35-40)41-16-5-2-6-17-41/h1-36H. The van der Waals surface area contributed by atoms with Crippen molar-refractivity contribution >= 4 is 103 Å². The fourth-order valence-corrected chi connectivity index (χ4v) is 10.9. The van der Waals surface area contributed by atoms with E-state index in [9.17, 15) is 0 Å². The van der Waals surface area contributed by atoms with Gasteiger partial charge in [-0.2, -0.15) is 0 Å². The van der Waals surface area contributed by atoms with Gasteiger partial charge in [0.15, 0.2) is 0 Å². The van der Waals surface area contributed by atoms with E-state index in [4.69, 9.17) is 4.42 Å². The Morgan fingerprint density at radius 2 is 1.08 bits per heavy atom. The summed E-state index contributed by atoms with van der Waals surface area (Å²) in [5.41, 5.74) is 13.1. The predicted molar refractivity (Wildman–Crippen MR) is 264 cm³/mol. The third-order valence-electron chi connectivity index (χ3n) is 12.6. The highest BCUT2D eigenvalue weighted by Crippen LogP contribution is 2.48. The van der Waals surface area contributed by atoms with Crippen LogP contribution in [0.15, 0.2) is 223 Å². The normalized spacial score (nSPS) is 11.9. The quantitative estimate of drug-likeness (QED) is 0.167. The minimum atomic E-state index is 0.874. The van der Waals surface area contributed by atoms with Crippen LogP contribution in [0, 0.1) is 0 Å². The number of nitrogens with zero attached hydrogens (tertiary/aromatic N) is 2. The van der Waals surface area contributed by atoms with Gasteiger partial charge in [0.1, 0.15) is 11.2 Å². The van der Waals surface area contributed by atoms with Crippen molar-refractivity contribution in [2.45, 2.75) is 0 Å². The topological polar surface area (TPSA) is 21.3 Å². The maximum absolute atomic E-state index is 6.78. The molecule has 0 saturated carbocycles. The molecule has 290 valence electrons. The molecule has 0 unspecified atom stereocenters. The number of para-hydroxylation sites is 2. The van der Waals surface area contributed by atoms with Gasteiger partial charge in [0.05, 0.1) is 22.1 Å². The second-order valence-corrected chi connectivity index (χ2v) is 17.1. The van der Waals surface area contributed by atoms with Crippen LogP contribution in [-0.2, 0) is 0 Å². The molecule has 0 saturated heterocycles. The number of rotatable bonds is 6. The number of aromatic nitrogens is 1. The van der Waals surface area contributed by atoms with Gasteiger partial charge in [-0.25, -0.2) is 0 Å². The molecular formula is C58H36N2OS. The molecule has 0 atom stereocenters. The zero-order chi connectivity index (χ0) is 40.7. The maximum Gasteiger partial charge on any atom is 0.145 e. The van der Waals surface area contributed by atoms with Crippen LogP contribution in [0.3, 0.4) is 0 Å². The van der Waals surface area contributed by atoms with Crippen LogP contribution in [0.5, 0.6) is 0 Å². The van der Waals surface area contributed by atoms with Crippen LogP contribution >= 0.6 is 11.3 Å². The summed E-state index contributed by atoms with van der Waals surface area (Å²) in [6.07, 6.45) is 0. The summed E-state index contributed by atoms with van der Waals surface area (Å²) >= 11 is 1.85. The van der Waals surface area contributed by atoms with Crippen molar-refractivity contribution in [3.05, 3.63) is 218 Å². The fraction of sp³-hybridized carbons (Fsp3) is 0. The number of thiophene rings is 1.